The Bertz CT molecular complexity index is 178. The van der Waals surface area contributed by atoms with Crippen LogP contribution in [-0.2, 0) is 0 Å². The van der Waals surface area contributed by atoms with Crippen molar-refractivity contribution >= 4 is 0 Å². The van der Waals surface area contributed by atoms with Crippen LogP contribution in [0, 0.1) is 11.8 Å². The van der Waals surface area contributed by atoms with Gasteiger partial charge in [-0.1, -0.05) is 32.4 Å². The number of allylic oxidation sites excluding steroid dienone is 3. The fourth-order valence-electron chi connectivity index (χ4n) is 1.08. The van der Waals surface area contributed by atoms with Gasteiger partial charge in [-0.05, 0) is 37.5 Å². The highest BCUT2D eigenvalue weighted by molar-refractivity contribution is 5.17. The van der Waals surface area contributed by atoms with Crippen molar-refractivity contribution in [1.82, 2.24) is 5.32 Å². The van der Waals surface area contributed by atoms with Gasteiger partial charge in [-0.15, -0.1) is 0 Å². The zero-order valence-corrected chi connectivity index (χ0v) is 9.59. The van der Waals surface area contributed by atoms with Crippen LogP contribution >= 0.6 is 0 Å². The first-order valence-corrected chi connectivity index (χ1v) is 5.10. The van der Waals surface area contributed by atoms with Crippen molar-refractivity contribution in [1.29, 1.82) is 0 Å². The molecule has 13 heavy (non-hydrogen) atoms. The fraction of sp³-hybridized carbons (Fsp3) is 0.667. The Morgan fingerprint density at radius 3 is 2.31 bits per heavy atom. The van der Waals surface area contributed by atoms with Crippen LogP contribution in [0.3, 0.4) is 0 Å². The van der Waals surface area contributed by atoms with E-state index in [4.69, 9.17) is 0 Å². The maximum Gasteiger partial charge on any atom is 0.00277 e. The van der Waals surface area contributed by atoms with Crippen LogP contribution in [0.5, 0.6) is 0 Å². The predicted molar refractivity (Wildman–Crippen MR) is 60.6 cm³/mol. The summed E-state index contributed by atoms with van der Waals surface area (Å²) in [4.78, 5) is 0. The number of nitrogens with one attached hydrogen (secondary N) is 1. The summed E-state index contributed by atoms with van der Waals surface area (Å²) in [5.41, 5.74) is 1.41. The molecule has 0 aromatic rings. The summed E-state index contributed by atoms with van der Waals surface area (Å²) in [7, 11) is 1.93. The molecule has 1 atom stereocenters. The Morgan fingerprint density at radius 2 is 1.92 bits per heavy atom. The van der Waals surface area contributed by atoms with Crippen LogP contribution in [0.15, 0.2) is 23.9 Å². The van der Waals surface area contributed by atoms with Crippen LogP contribution in [-0.4, -0.2) is 7.05 Å². The van der Waals surface area contributed by atoms with Gasteiger partial charge in [0.15, 0.2) is 0 Å². The number of hydrogen-bond acceptors (Lipinski definition) is 1. The zero-order valence-electron chi connectivity index (χ0n) is 9.59. The van der Waals surface area contributed by atoms with Gasteiger partial charge in [0.2, 0.25) is 0 Å². The van der Waals surface area contributed by atoms with Gasteiger partial charge >= 0.3 is 0 Å². The van der Waals surface area contributed by atoms with Gasteiger partial charge in [0.1, 0.15) is 0 Å². The highest BCUT2D eigenvalue weighted by Crippen LogP contribution is 2.19. The third-order valence-electron chi connectivity index (χ3n) is 2.53. The van der Waals surface area contributed by atoms with Crippen molar-refractivity contribution in [3.05, 3.63) is 23.9 Å². The standard InChI is InChI=1S/C12H23N/c1-6-12(7-8-13-5)9-11(4)10(2)3/h6-8,10-11,13H,9H2,1-5H3/b8-7-,12-6-/t11-/m0/s1. The lowest BCUT2D eigenvalue weighted by Gasteiger charge is -2.15. The van der Waals surface area contributed by atoms with Gasteiger partial charge in [0, 0.05) is 7.05 Å². The maximum atomic E-state index is 3.01. The molecule has 0 heterocycles. The largest absolute Gasteiger partial charge is 0.394 e. The molecule has 0 radical (unpaired) electrons. The first kappa shape index (κ1) is 12.3. The van der Waals surface area contributed by atoms with Gasteiger partial charge in [-0.25, -0.2) is 0 Å². The SMILES string of the molecule is C/C=C(/C=C\NC)C[C@H](C)C(C)C. The molecular weight excluding hydrogens is 158 g/mol. The van der Waals surface area contributed by atoms with Crippen molar-refractivity contribution in [3.8, 4) is 0 Å². The molecule has 0 aliphatic rings. The lowest BCUT2D eigenvalue weighted by molar-refractivity contribution is 0.418. The molecule has 1 heteroatoms. The van der Waals surface area contributed by atoms with Crippen molar-refractivity contribution in [2.75, 3.05) is 7.05 Å². The van der Waals surface area contributed by atoms with Gasteiger partial charge < -0.3 is 5.32 Å². The third-order valence-corrected chi connectivity index (χ3v) is 2.53. The summed E-state index contributed by atoms with van der Waals surface area (Å²) in [5, 5.41) is 3.01. The highest BCUT2D eigenvalue weighted by Gasteiger charge is 2.07. The second-order valence-electron chi connectivity index (χ2n) is 3.91. The minimum Gasteiger partial charge on any atom is -0.394 e. The van der Waals surface area contributed by atoms with Crippen LogP contribution in [0.1, 0.15) is 34.1 Å². The van der Waals surface area contributed by atoms with Crippen LogP contribution < -0.4 is 5.32 Å². The molecule has 0 aromatic heterocycles. The van der Waals surface area contributed by atoms with Crippen molar-refractivity contribution in [2.45, 2.75) is 34.1 Å². The summed E-state index contributed by atoms with van der Waals surface area (Å²) in [6.07, 6.45) is 7.50. The molecule has 0 aliphatic carbocycles. The Hall–Kier alpha value is -0.720. The van der Waals surface area contributed by atoms with E-state index in [-0.39, 0.29) is 0 Å². The smallest absolute Gasteiger partial charge is 0.00277 e. The molecule has 0 saturated heterocycles. The van der Waals surface area contributed by atoms with E-state index in [0.29, 0.717) is 0 Å². The maximum absolute atomic E-state index is 3.01. The topological polar surface area (TPSA) is 12.0 Å². The second-order valence-corrected chi connectivity index (χ2v) is 3.91. The van der Waals surface area contributed by atoms with Crippen LogP contribution in [0.25, 0.3) is 0 Å². The average Bonchev–Trinajstić information content (AvgIpc) is 2.11. The molecular formula is C12H23N. The Morgan fingerprint density at radius 1 is 1.31 bits per heavy atom. The predicted octanol–water partition coefficient (Wildman–Crippen LogP) is 3.35. The minimum atomic E-state index is 0.757. The first-order chi connectivity index (χ1) is 6.11. The quantitative estimate of drug-likeness (QED) is 0.641. The van der Waals surface area contributed by atoms with Crippen molar-refractivity contribution in [2.24, 2.45) is 11.8 Å². The summed E-state index contributed by atoms with van der Waals surface area (Å²) >= 11 is 0. The molecule has 0 unspecified atom stereocenters. The Balaban J connectivity index is 4.07. The average molecular weight is 181 g/mol. The fourth-order valence-corrected chi connectivity index (χ4v) is 1.08. The van der Waals surface area contributed by atoms with Crippen molar-refractivity contribution < 1.29 is 0 Å². The first-order valence-electron chi connectivity index (χ1n) is 5.10. The number of hydrogen-bond donors (Lipinski definition) is 1. The molecule has 0 spiro atoms. The van der Waals surface area contributed by atoms with E-state index < -0.39 is 0 Å². The summed E-state index contributed by atoms with van der Waals surface area (Å²) in [5.74, 6) is 1.52. The van der Waals surface area contributed by atoms with E-state index in [1.807, 2.05) is 13.2 Å². The second kappa shape index (κ2) is 6.76. The van der Waals surface area contributed by atoms with E-state index in [2.05, 4.69) is 45.2 Å². The molecule has 76 valence electrons. The van der Waals surface area contributed by atoms with E-state index >= 15 is 0 Å². The van der Waals surface area contributed by atoms with E-state index in [1.54, 1.807) is 0 Å². The van der Waals surface area contributed by atoms with E-state index in [1.165, 1.54) is 12.0 Å². The van der Waals surface area contributed by atoms with Gasteiger partial charge in [0.05, 0.1) is 0 Å². The molecule has 0 bridgehead atoms. The molecule has 0 amide bonds. The monoisotopic (exact) mass is 181 g/mol. The molecule has 0 fully saturated rings. The van der Waals surface area contributed by atoms with Crippen molar-refractivity contribution in [3.63, 3.8) is 0 Å². The molecule has 1 nitrogen and oxygen atoms in total. The van der Waals surface area contributed by atoms with Gasteiger partial charge in [-0.3, -0.25) is 0 Å². The molecule has 1 N–H and O–H groups in total. The van der Waals surface area contributed by atoms with Crippen LogP contribution in [0.2, 0.25) is 0 Å². The van der Waals surface area contributed by atoms with E-state index in [0.717, 1.165) is 11.8 Å². The summed E-state index contributed by atoms with van der Waals surface area (Å²) in [6, 6.07) is 0. The molecule has 0 saturated carbocycles. The van der Waals surface area contributed by atoms with Gasteiger partial charge in [-0.2, -0.15) is 0 Å². The normalized spacial score (nSPS) is 15.4. The molecule has 0 aromatic carbocycles. The molecule has 0 rings (SSSR count). The highest BCUT2D eigenvalue weighted by atomic mass is 14.8. The number of rotatable bonds is 5. The minimum absolute atomic E-state index is 0.757. The summed E-state index contributed by atoms with van der Waals surface area (Å²) < 4.78 is 0. The lowest BCUT2D eigenvalue weighted by atomic mass is 9.91. The zero-order chi connectivity index (χ0) is 10.3. The van der Waals surface area contributed by atoms with Gasteiger partial charge in [0.25, 0.3) is 0 Å². The lowest BCUT2D eigenvalue weighted by Crippen LogP contribution is -2.04. The summed E-state index contributed by atoms with van der Waals surface area (Å²) in [6.45, 7) is 8.96. The van der Waals surface area contributed by atoms with E-state index in [9.17, 15) is 0 Å². The Labute approximate surface area is 82.9 Å². The molecule has 0 aliphatic heterocycles. The Kier molecular flexibility index (Phi) is 6.38. The van der Waals surface area contributed by atoms with Crippen LogP contribution in [0.4, 0.5) is 0 Å². The third kappa shape index (κ3) is 5.51.